The fourth-order valence-corrected chi connectivity index (χ4v) is 5.83. The van der Waals surface area contributed by atoms with E-state index in [0.717, 1.165) is 5.69 Å². The van der Waals surface area contributed by atoms with E-state index in [9.17, 15) is 13.2 Å². The molecule has 1 aliphatic rings. The zero-order chi connectivity index (χ0) is 26.0. The summed E-state index contributed by atoms with van der Waals surface area (Å²) in [5.74, 6) is 0.629. The van der Waals surface area contributed by atoms with Crippen molar-refractivity contribution >= 4 is 21.1 Å². The molecular formula is C24H35N7O4S. The third-order valence-electron chi connectivity index (χ3n) is 6.42. The molecule has 11 nitrogen and oxygen atoms in total. The van der Waals surface area contributed by atoms with Gasteiger partial charge in [-0.2, -0.15) is 9.40 Å². The van der Waals surface area contributed by atoms with Crippen molar-refractivity contribution in [2.75, 3.05) is 46.9 Å². The summed E-state index contributed by atoms with van der Waals surface area (Å²) in [7, 11) is -0.187. The smallest absolute Gasteiger partial charge is 0.279 e. The Bertz CT molecular complexity index is 1390. The molecule has 36 heavy (non-hydrogen) atoms. The Morgan fingerprint density at radius 1 is 1.17 bits per heavy atom. The van der Waals surface area contributed by atoms with Gasteiger partial charge in [0.15, 0.2) is 5.52 Å². The van der Waals surface area contributed by atoms with Crippen molar-refractivity contribution < 1.29 is 13.2 Å². The highest BCUT2D eigenvalue weighted by Gasteiger charge is 2.29. The van der Waals surface area contributed by atoms with Crippen LogP contribution in [0.4, 0.5) is 0 Å². The molecule has 3 aromatic heterocycles. The predicted octanol–water partition coefficient (Wildman–Crippen LogP) is 1.53. The predicted molar refractivity (Wildman–Crippen MR) is 137 cm³/mol. The van der Waals surface area contributed by atoms with Crippen LogP contribution in [0.15, 0.2) is 22.0 Å². The van der Waals surface area contributed by atoms with Crippen molar-refractivity contribution in [1.29, 1.82) is 0 Å². The van der Waals surface area contributed by atoms with E-state index in [-0.39, 0.29) is 21.8 Å². The van der Waals surface area contributed by atoms with Gasteiger partial charge in [0.1, 0.15) is 16.2 Å². The number of likely N-dealkylation sites (N-methyl/N-ethyl adjacent to an activating group) is 1. The highest BCUT2D eigenvalue weighted by atomic mass is 32.2. The van der Waals surface area contributed by atoms with Crippen LogP contribution in [0.5, 0.6) is 0 Å². The second-order valence-electron chi connectivity index (χ2n) is 9.60. The van der Waals surface area contributed by atoms with Gasteiger partial charge in [-0.15, -0.1) is 0 Å². The third kappa shape index (κ3) is 5.22. The summed E-state index contributed by atoms with van der Waals surface area (Å²) < 4.78 is 35.4. The van der Waals surface area contributed by atoms with Crippen molar-refractivity contribution in [3.05, 3.63) is 34.0 Å². The molecule has 196 valence electrons. The van der Waals surface area contributed by atoms with Gasteiger partial charge in [0.2, 0.25) is 10.0 Å². The molecule has 0 atom stereocenters. The lowest BCUT2D eigenvalue weighted by molar-refractivity contribution is 0.201. The summed E-state index contributed by atoms with van der Waals surface area (Å²) in [4.78, 5) is 27.4. The molecule has 0 aliphatic carbocycles. The minimum Gasteiger partial charge on any atom is -0.384 e. The third-order valence-corrected chi connectivity index (χ3v) is 8.28. The summed E-state index contributed by atoms with van der Waals surface area (Å²) >= 11 is 0. The molecule has 1 saturated heterocycles. The second-order valence-corrected chi connectivity index (χ2v) is 11.5. The summed E-state index contributed by atoms with van der Waals surface area (Å²) in [6, 6.07) is 1.57. The lowest BCUT2D eigenvalue weighted by atomic mass is 10.1. The van der Waals surface area contributed by atoms with E-state index in [1.165, 1.54) is 10.5 Å². The maximum Gasteiger partial charge on any atom is 0.279 e. The Balaban J connectivity index is 1.85. The van der Waals surface area contributed by atoms with Crippen LogP contribution < -0.4 is 5.56 Å². The number of fused-ring (bicyclic) bond motifs is 1. The van der Waals surface area contributed by atoms with E-state index < -0.39 is 10.0 Å². The molecule has 0 radical (unpaired) electrons. The SMILES string of the molecule is CCc1c2nc(-c3cc(S(=O)(=O)N4CCN(C)CC4)cnc3CCOC)[nH]c(=O)c2nn1CC(C)C. The summed E-state index contributed by atoms with van der Waals surface area (Å²) in [6.07, 6.45) is 2.48. The molecule has 0 saturated carbocycles. The van der Waals surface area contributed by atoms with Gasteiger partial charge in [0.05, 0.1) is 18.0 Å². The maximum atomic E-state index is 13.4. The highest BCUT2D eigenvalue weighted by molar-refractivity contribution is 7.89. The number of hydrogen-bond donors (Lipinski definition) is 1. The summed E-state index contributed by atoms with van der Waals surface area (Å²) in [5, 5.41) is 4.52. The molecule has 4 rings (SSSR count). The van der Waals surface area contributed by atoms with Crippen LogP contribution in [-0.4, -0.2) is 89.3 Å². The standard InChI is InChI=1S/C24H35N7O4S/c1-6-20-21-22(28-31(20)15-16(2)3)24(32)27-23(26-21)18-13-17(14-25-19(18)7-12-35-5)36(33,34)30-10-8-29(4)9-11-30/h13-14,16H,6-12,15H2,1-5H3,(H,26,27,32). The molecule has 0 amide bonds. The number of nitrogens with one attached hydrogen (secondary N) is 1. The van der Waals surface area contributed by atoms with Gasteiger partial charge >= 0.3 is 0 Å². The number of ether oxygens (including phenoxy) is 1. The number of aromatic amines is 1. The lowest BCUT2D eigenvalue weighted by Gasteiger charge is -2.31. The first-order valence-electron chi connectivity index (χ1n) is 12.3. The maximum absolute atomic E-state index is 13.4. The van der Waals surface area contributed by atoms with E-state index in [0.29, 0.717) is 74.9 Å². The largest absolute Gasteiger partial charge is 0.384 e. The van der Waals surface area contributed by atoms with Crippen molar-refractivity contribution in [2.24, 2.45) is 5.92 Å². The van der Waals surface area contributed by atoms with Crippen LogP contribution in [0.25, 0.3) is 22.4 Å². The van der Waals surface area contributed by atoms with Crippen molar-refractivity contribution in [3.8, 4) is 11.4 Å². The molecule has 1 N–H and O–H groups in total. The molecule has 0 spiro atoms. The average Bonchev–Trinajstić information content (AvgIpc) is 3.19. The molecule has 1 fully saturated rings. The highest BCUT2D eigenvalue weighted by Crippen LogP contribution is 2.27. The van der Waals surface area contributed by atoms with Crippen molar-refractivity contribution in [1.82, 2.24) is 33.9 Å². The number of aryl methyl sites for hydroxylation is 1. The molecule has 4 heterocycles. The lowest BCUT2D eigenvalue weighted by Crippen LogP contribution is -2.47. The van der Waals surface area contributed by atoms with Gasteiger partial charge in [-0.25, -0.2) is 13.4 Å². The number of H-pyrrole nitrogens is 1. The molecular weight excluding hydrogens is 482 g/mol. The fraction of sp³-hybridized carbons (Fsp3) is 0.583. The molecule has 0 unspecified atom stereocenters. The van der Waals surface area contributed by atoms with Gasteiger partial charge in [-0.05, 0) is 25.5 Å². The van der Waals surface area contributed by atoms with Crippen LogP contribution in [-0.2, 0) is 34.1 Å². The molecule has 3 aromatic rings. The quantitative estimate of drug-likeness (QED) is 0.453. The number of rotatable bonds is 9. The summed E-state index contributed by atoms with van der Waals surface area (Å²) in [5.41, 5.74) is 2.39. The second kappa shape index (κ2) is 10.8. The Morgan fingerprint density at radius 2 is 1.89 bits per heavy atom. The molecule has 12 heteroatoms. The minimum atomic E-state index is -3.75. The monoisotopic (exact) mass is 517 g/mol. The number of aromatic nitrogens is 5. The first-order valence-corrected chi connectivity index (χ1v) is 13.8. The van der Waals surface area contributed by atoms with Crippen LogP contribution >= 0.6 is 0 Å². The first kappa shape index (κ1) is 26.4. The number of methoxy groups -OCH3 is 1. The van der Waals surface area contributed by atoms with Gasteiger partial charge in [0, 0.05) is 58.0 Å². The Kier molecular flexibility index (Phi) is 7.88. The van der Waals surface area contributed by atoms with E-state index in [1.807, 2.05) is 18.7 Å². The van der Waals surface area contributed by atoms with E-state index in [4.69, 9.17) is 9.72 Å². The molecule has 1 aliphatic heterocycles. The van der Waals surface area contributed by atoms with Crippen LogP contribution in [0.2, 0.25) is 0 Å². The van der Waals surface area contributed by atoms with E-state index in [2.05, 4.69) is 33.8 Å². The van der Waals surface area contributed by atoms with Gasteiger partial charge in [-0.3, -0.25) is 14.5 Å². The van der Waals surface area contributed by atoms with Crippen molar-refractivity contribution in [2.45, 2.75) is 45.1 Å². The topological polar surface area (TPSA) is 126 Å². The first-order chi connectivity index (χ1) is 17.1. The number of sulfonamides is 1. The molecule has 0 aromatic carbocycles. The van der Waals surface area contributed by atoms with E-state index in [1.54, 1.807) is 13.2 Å². The van der Waals surface area contributed by atoms with Gasteiger partial charge in [0.25, 0.3) is 5.56 Å². The Morgan fingerprint density at radius 3 is 2.53 bits per heavy atom. The zero-order valence-electron chi connectivity index (χ0n) is 21.6. The number of pyridine rings is 1. The molecule has 0 bridgehead atoms. The zero-order valence-corrected chi connectivity index (χ0v) is 22.4. The van der Waals surface area contributed by atoms with Crippen LogP contribution in [0, 0.1) is 5.92 Å². The Labute approximate surface area is 211 Å². The minimum absolute atomic E-state index is 0.0807. The van der Waals surface area contributed by atoms with E-state index >= 15 is 0 Å². The van der Waals surface area contributed by atoms with Crippen molar-refractivity contribution in [3.63, 3.8) is 0 Å². The van der Waals surface area contributed by atoms with Crippen LogP contribution in [0.1, 0.15) is 32.2 Å². The van der Waals surface area contributed by atoms with Gasteiger partial charge < -0.3 is 14.6 Å². The number of piperazine rings is 1. The number of nitrogens with zero attached hydrogens (tertiary/aromatic N) is 6. The number of hydrogen-bond acceptors (Lipinski definition) is 8. The van der Waals surface area contributed by atoms with Gasteiger partial charge in [-0.1, -0.05) is 20.8 Å². The summed E-state index contributed by atoms with van der Waals surface area (Å²) in [6.45, 7) is 9.41. The Hall–Kier alpha value is -2.67. The fourth-order valence-electron chi connectivity index (χ4n) is 4.43. The van der Waals surface area contributed by atoms with Crippen LogP contribution in [0.3, 0.4) is 0 Å². The normalized spacial score (nSPS) is 15.8. The average molecular weight is 518 g/mol.